The summed E-state index contributed by atoms with van der Waals surface area (Å²) in [4.78, 5) is 4.30. The van der Waals surface area contributed by atoms with Gasteiger partial charge in [-0.15, -0.1) is 0 Å². The summed E-state index contributed by atoms with van der Waals surface area (Å²) in [5.74, 6) is 1.16. The van der Waals surface area contributed by atoms with E-state index in [1.807, 2.05) is 31.2 Å². The Hall–Kier alpha value is -0.480. The molecule has 0 amide bonds. The molecule has 0 radical (unpaired) electrons. The number of hydrogen-bond donors (Lipinski definition) is 1. The van der Waals surface area contributed by atoms with Crippen LogP contribution in [0, 0.1) is 0 Å². The highest BCUT2D eigenvalue weighted by Crippen LogP contribution is 2.18. The first-order valence-electron chi connectivity index (χ1n) is 6.20. The molecule has 16 heavy (non-hydrogen) atoms. The molecule has 1 N–H and O–H groups in total. The summed E-state index contributed by atoms with van der Waals surface area (Å²) in [5, 5.41) is 4.76. The average molecular weight is 239 g/mol. The lowest BCUT2D eigenvalue weighted by molar-refractivity contribution is 0.524. The molecule has 90 valence electrons. The van der Waals surface area contributed by atoms with Gasteiger partial charge in [-0.05, 0) is 25.8 Å². The van der Waals surface area contributed by atoms with Crippen molar-refractivity contribution in [1.29, 1.82) is 0 Å². The molecule has 0 aliphatic heterocycles. The maximum absolute atomic E-state index is 4.30. The Morgan fingerprint density at radius 3 is 3.00 bits per heavy atom. The van der Waals surface area contributed by atoms with Crippen molar-refractivity contribution in [1.82, 2.24) is 14.9 Å². The molecule has 1 aliphatic carbocycles. The lowest BCUT2D eigenvalue weighted by atomic mass is 10.2. The molecule has 1 fully saturated rings. The van der Waals surface area contributed by atoms with Gasteiger partial charge in [0.1, 0.15) is 0 Å². The number of thioether (sulfide) groups is 1. The third kappa shape index (κ3) is 3.52. The number of aromatic nitrogens is 2. The molecule has 0 aromatic carbocycles. The third-order valence-corrected chi connectivity index (χ3v) is 4.26. The number of imidazole rings is 1. The van der Waals surface area contributed by atoms with Crippen LogP contribution in [-0.2, 0) is 7.05 Å². The molecule has 2 rings (SSSR count). The van der Waals surface area contributed by atoms with Crippen LogP contribution in [0.4, 0.5) is 0 Å². The Labute approximate surface area is 102 Å². The molecular formula is C12H21N3S. The first-order chi connectivity index (χ1) is 7.86. The monoisotopic (exact) mass is 239 g/mol. The first-order valence-corrected chi connectivity index (χ1v) is 7.18. The molecule has 3 nitrogen and oxygen atoms in total. The van der Waals surface area contributed by atoms with E-state index in [-0.39, 0.29) is 0 Å². The topological polar surface area (TPSA) is 29.9 Å². The third-order valence-electron chi connectivity index (χ3n) is 3.12. The summed E-state index contributed by atoms with van der Waals surface area (Å²) < 4.78 is 2.08. The number of hydrogen-bond acceptors (Lipinski definition) is 3. The SMILES string of the molecule is Cn1ccnc1SCCCNC1CCCC1. The van der Waals surface area contributed by atoms with Gasteiger partial charge in [-0.2, -0.15) is 0 Å². The Kier molecular flexibility index (Phi) is 4.72. The molecule has 1 aromatic rings. The van der Waals surface area contributed by atoms with Crippen molar-refractivity contribution in [2.24, 2.45) is 7.05 Å². The quantitative estimate of drug-likeness (QED) is 0.611. The van der Waals surface area contributed by atoms with E-state index in [1.54, 1.807) is 0 Å². The van der Waals surface area contributed by atoms with Crippen LogP contribution in [0.3, 0.4) is 0 Å². The maximum Gasteiger partial charge on any atom is 0.167 e. The van der Waals surface area contributed by atoms with Gasteiger partial charge in [-0.1, -0.05) is 24.6 Å². The summed E-state index contributed by atoms with van der Waals surface area (Å²) in [6.07, 6.45) is 10.7. The van der Waals surface area contributed by atoms with Gasteiger partial charge in [-0.3, -0.25) is 0 Å². The van der Waals surface area contributed by atoms with E-state index in [0.717, 1.165) is 23.5 Å². The second-order valence-corrected chi connectivity index (χ2v) is 5.52. The molecule has 0 unspecified atom stereocenters. The van der Waals surface area contributed by atoms with Crippen LogP contribution in [0.25, 0.3) is 0 Å². The van der Waals surface area contributed by atoms with Gasteiger partial charge in [0, 0.05) is 31.2 Å². The number of nitrogens with zero attached hydrogens (tertiary/aromatic N) is 2. The summed E-state index contributed by atoms with van der Waals surface area (Å²) in [6, 6.07) is 0.804. The summed E-state index contributed by atoms with van der Waals surface area (Å²) >= 11 is 1.85. The number of nitrogens with one attached hydrogen (secondary N) is 1. The highest BCUT2D eigenvalue weighted by molar-refractivity contribution is 7.99. The molecule has 4 heteroatoms. The van der Waals surface area contributed by atoms with Gasteiger partial charge in [0.25, 0.3) is 0 Å². The fourth-order valence-electron chi connectivity index (χ4n) is 2.16. The fourth-order valence-corrected chi connectivity index (χ4v) is 3.03. The van der Waals surface area contributed by atoms with Crippen molar-refractivity contribution < 1.29 is 0 Å². The molecule has 0 saturated heterocycles. The summed E-state index contributed by atoms with van der Waals surface area (Å²) in [6.45, 7) is 1.15. The van der Waals surface area contributed by atoms with Gasteiger partial charge in [0.05, 0.1) is 0 Å². The van der Waals surface area contributed by atoms with E-state index in [4.69, 9.17) is 0 Å². The predicted molar refractivity (Wildman–Crippen MR) is 68.8 cm³/mol. The van der Waals surface area contributed by atoms with Gasteiger partial charge in [0.15, 0.2) is 5.16 Å². The van der Waals surface area contributed by atoms with Crippen molar-refractivity contribution in [3.8, 4) is 0 Å². The van der Waals surface area contributed by atoms with Gasteiger partial charge in [0.2, 0.25) is 0 Å². The van der Waals surface area contributed by atoms with E-state index in [0.29, 0.717) is 0 Å². The van der Waals surface area contributed by atoms with Gasteiger partial charge < -0.3 is 9.88 Å². The Morgan fingerprint density at radius 2 is 2.31 bits per heavy atom. The van der Waals surface area contributed by atoms with Gasteiger partial charge >= 0.3 is 0 Å². The molecule has 1 aromatic heterocycles. The van der Waals surface area contributed by atoms with Crippen LogP contribution in [0.1, 0.15) is 32.1 Å². The van der Waals surface area contributed by atoms with E-state index in [2.05, 4.69) is 14.9 Å². The Balaban J connectivity index is 1.53. The highest BCUT2D eigenvalue weighted by Gasteiger charge is 2.13. The highest BCUT2D eigenvalue weighted by atomic mass is 32.2. The smallest absolute Gasteiger partial charge is 0.167 e. The molecular weight excluding hydrogens is 218 g/mol. The van der Waals surface area contributed by atoms with Crippen molar-refractivity contribution >= 4 is 11.8 Å². The molecule has 1 aliphatic rings. The minimum absolute atomic E-state index is 0.804. The average Bonchev–Trinajstić information content (AvgIpc) is 2.90. The van der Waals surface area contributed by atoms with Crippen LogP contribution in [-0.4, -0.2) is 27.9 Å². The van der Waals surface area contributed by atoms with E-state index >= 15 is 0 Å². The van der Waals surface area contributed by atoms with Crippen LogP contribution in [0.15, 0.2) is 17.6 Å². The Morgan fingerprint density at radius 1 is 1.50 bits per heavy atom. The second-order valence-electron chi connectivity index (χ2n) is 4.46. The lowest BCUT2D eigenvalue weighted by Gasteiger charge is -2.10. The number of rotatable bonds is 6. The minimum Gasteiger partial charge on any atom is -0.329 e. The maximum atomic E-state index is 4.30. The summed E-state index contributed by atoms with van der Waals surface area (Å²) in [7, 11) is 2.05. The lowest BCUT2D eigenvalue weighted by Crippen LogP contribution is -2.27. The second kappa shape index (κ2) is 6.30. The molecule has 0 atom stereocenters. The van der Waals surface area contributed by atoms with Crippen LogP contribution in [0.5, 0.6) is 0 Å². The summed E-state index contributed by atoms with van der Waals surface area (Å²) in [5.41, 5.74) is 0. The zero-order valence-electron chi connectivity index (χ0n) is 9.98. The largest absolute Gasteiger partial charge is 0.329 e. The zero-order chi connectivity index (χ0) is 11.2. The van der Waals surface area contributed by atoms with Crippen LogP contribution in [0.2, 0.25) is 0 Å². The van der Waals surface area contributed by atoms with E-state index < -0.39 is 0 Å². The Bertz CT molecular complexity index is 305. The minimum atomic E-state index is 0.804. The van der Waals surface area contributed by atoms with Crippen molar-refractivity contribution in [2.45, 2.75) is 43.3 Å². The normalized spacial score (nSPS) is 17.1. The first kappa shape index (κ1) is 12.0. The molecule has 1 saturated carbocycles. The van der Waals surface area contributed by atoms with Gasteiger partial charge in [-0.25, -0.2) is 4.98 Å². The van der Waals surface area contributed by atoms with E-state index in [9.17, 15) is 0 Å². The van der Waals surface area contributed by atoms with Crippen LogP contribution < -0.4 is 5.32 Å². The predicted octanol–water partition coefficient (Wildman–Crippen LogP) is 2.43. The van der Waals surface area contributed by atoms with Crippen molar-refractivity contribution in [3.63, 3.8) is 0 Å². The standard InChI is InChI=1S/C12H21N3S/c1-15-9-8-14-12(15)16-10-4-7-13-11-5-2-3-6-11/h8-9,11,13H,2-7,10H2,1H3. The van der Waals surface area contributed by atoms with Crippen molar-refractivity contribution in [3.05, 3.63) is 12.4 Å². The number of aryl methyl sites for hydroxylation is 1. The molecule has 1 heterocycles. The molecule has 0 spiro atoms. The van der Waals surface area contributed by atoms with E-state index in [1.165, 1.54) is 32.1 Å². The van der Waals surface area contributed by atoms with Crippen LogP contribution >= 0.6 is 11.8 Å². The van der Waals surface area contributed by atoms with Crippen molar-refractivity contribution in [2.75, 3.05) is 12.3 Å². The zero-order valence-corrected chi connectivity index (χ0v) is 10.8. The fraction of sp³-hybridized carbons (Fsp3) is 0.750. The molecule has 0 bridgehead atoms.